The summed E-state index contributed by atoms with van der Waals surface area (Å²) in [6, 6.07) is 11.1. The maximum atomic E-state index is 11.3. The van der Waals surface area contributed by atoms with Crippen molar-refractivity contribution in [3.05, 3.63) is 41.4 Å². The third kappa shape index (κ3) is 3.54. The third-order valence-electron chi connectivity index (χ3n) is 5.41. The lowest BCUT2D eigenvalue weighted by atomic mass is 9.97. The molecule has 0 aliphatic carbocycles. The number of nitrogens with one attached hydrogen (secondary N) is 1. The Labute approximate surface area is 177 Å². The predicted octanol–water partition coefficient (Wildman–Crippen LogP) is 4.06. The van der Waals surface area contributed by atoms with Gasteiger partial charge in [-0.2, -0.15) is 4.98 Å². The van der Waals surface area contributed by atoms with Gasteiger partial charge in [-0.25, -0.2) is 4.98 Å². The van der Waals surface area contributed by atoms with Crippen molar-refractivity contribution in [1.29, 1.82) is 0 Å². The number of fused-ring (bicyclic) bond motifs is 2. The summed E-state index contributed by atoms with van der Waals surface area (Å²) in [5.74, 6) is 1.51. The van der Waals surface area contributed by atoms with Crippen molar-refractivity contribution in [3.8, 4) is 11.5 Å². The smallest absolute Gasteiger partial charge is 0.306 e. The van der Waals surface area contributed by atoms with E-state index in [-0.39, 0.29) is 12.7 Å². The van der Waals surface area contributed by atoms with Gasteiger partial charge in [0, 0.05) is 35.3 Å². The predicted molar refractivity (Wildman–Crippen MR) is 113 cm³/mol. The van der Waals surface area contributed by atoms with E-state index in [1.165, 1.54) is 0 Å². The van der Waals surface area contributed by atoms with Crippen LogP contribution >= 0.6 is 11.6 Å². The molecular formula is C21H19ClN4O4. The number of anilines is 3. The highest BCUT2D eigenvalue weighted by Crippen LogP contribution is 2.36. The van der Waals surface area contributed by atoms with E-state index >= 15 is 0 Å². The molecule has 30 heavy (non-hydrogen) atoms. The van der Waals surface area contributed by atoms with Crippen molar-refractivity contribution >= 4 is 45.9 Å². The number of hydrogen-bond donors (Lipinski definition) is 2. The Hall–Kier alpha value is -3.26. The lowest BCUT2D eigenvalue weighted by Gasteiger charge is -2.30. The van der Waals surface area contributed by atoms with E-state index in [9.17, 15) is 9.90 Å². The van der Waals surface area contributed by atoms with E-state index in [0.717, 1.165) is 16.6 Å². The fraction of sp³-hybridized carbons (Fsp3) is 0.286. The number of carboxylic acid groups (broad SMARTS) is 1. The summed E-state index contributed by atoms with van der Waals surface area (Å²) in [4.78, 5) is 22.7. The van der Waals surface area contributed by atoms with Crippen LogP contribution in [-0.2, 0) is 4.79 Å². The Kier molecular flexibility index (Phi) is 4.71. The first kappa shape index (κ1) is 18.7. The minimum absolute atomic E-state index is 0.210. The van der Waals surface area contributed by atoms with E-state index in [0.29, 0.717) is 54.2 Å². The molecule has 1 fully saturated rings. The van der Waals surface area contributed by atoms with Gasteiger partial charge in [0.15, 0.2) is 11.5 Å². The highest BCUT2D eigenvalue weighted by atomic mass is 35.5. The molecule has 2 N–H and O–H groups in total. The van der Waals surface area contributed by atoms with Gasteiger partial charge >= 0.3 is 5.97 Å². The average Bonchev–Trinajstić information content (AvgIpc) is 3.22. The number of halogens is 1. The fourth-order valence-electron chi connectivity index (χ4n) is 3.76. The Morgan fingerprint density at radius 2 is 1.90 bits per heavy atom. The van der Waals surface area contributed by atoms with E-state index in [1.807, 2.05) is 35.2 Å². The summed E-state index contributed by atoms with van der Waals surface area (Å²) in [6.07, 6.45) is 1.14. The number of carbonyl (C=O) groups is 1. The summed E-state index contributed by atoms with van der Waals surface area (Å²) in [6.45, 7) is 1.40. The fourth-order valence-corrected chi connectivity index (χ4v) is 3.93. The quantitative estimate of drug-likeness (QED) is 0.644. The van der Waals surface area contributed by atoms with Gasteiger partial charge in [-0.1, -0.05) is 11.6 Å². The minimum atomic E-state index is -0.742. The molecular weight excluding hydrogens is 408 g/mol. The van der Waals surface area contributed by atoms with Gasteiger partial charge in [0.25, 0.3) is 0 Å². The van der Waals surface area contributed by atoms with Gasteiger partial charge in [-0.05, 0) is 43.2 Å². The molecule has 8 nitrogen and oxygen atoms in total. The van der Waals surface area contributed by atoms with Crippen LogP contribution in [0.15, 0.2) is 36.4 Å². The molecule has 154 valence electrons. The van der Waals surface area contributed by atoms with E-state index in [2.05, 4.69) is 5.32 Å². The lowest BCUT2D eigenvalue weighted by molar-refractivity contribution is -0.142. The van der Waals surface area contributed by atoms with Crippen molar-refractivity contribution < 1.29 is 19.4 Å². The number of carboxylic acids is 1. The Bertz CT molecular complexity index is 1130. The third-order valence-corrected chi connectivity index (χ3v) is 5.64. The number of hydrogen-bond acceptors (Lipinski definition) is 7. The lowest BCUT2D eigenvalue weighted by Crippen LogP contribution is -2.37. The first-order valence-corrected chi connectivity index (χ1v) is 10.1. The zero-order valence-corrected chi connectivity index (χ0v) is 16.7. The number of piperidine rings is 1. The number of benzene rings is 2. The largest absolute Gasteiger partial charge is 0.481 e. The van der Waals surface area contributed by atoms with Crippen LogP contribution in [0.4, 0.5) is 17.5 Å². The van der Waals surface area contributed by atoms with Crippen LogP contribution in [0.3, 0.4) is 0 Å². The number of rotatable bonds is 4. The van der Waals surface area contributed by atoms with Crippen molar-refractivity contribution in [1.82, 2.24) is 9.97 Å². The minimum Gasteiger partial charge on any atom is -0.481 e. The molecule has 0 unspecified atom stereocenters. The topological polar surface area (TPSA) is 96.8 Å². The molecule has 2 aliphatic rings. The van der Waals surface area contributed by atoms with Gasteiger partial charge in [-0.15, -0.1) is 0 Å². The van der Waals surface area contributed by atoms with Gasteiger partial charge in [0.2, 0.25) is 12.7 Å². The second-order valence-electron chi connectivity index (χ2n) is 7.33. The number of nitrogens with zero attached hydrogens (tertiary/aromatic N) is 3. The molecule has 3 aromatic rings. The maximum Gasteiger partial charge on any atom is 0.306 e. The first-order chi connectivity index (χ1) is 14.6. The highest BCUT2D eigenvalue weighted by Gasteiger charge is 2.26. The molecule has 9 heteroatoms. The standard InChI is InChI=1S/C21H19ClN4O4/c22-13-1-3-16-15(9-13)19(23-14-2-4-17-18(10-14)30-11-29-17)25-21(24-16)26-7-5-12(6-8-26)20(27)28/h1-4,9-10,12H,5-8,11H2,(H,27,28)(H,23,24,25). The molecule has 0 bridgehead atoms. The molecule has 5 rings (SSSR count). The zero-order chi connectivity index (χ0) is 20.7. The molecule has 0 spiro atoms. The van der Waals surface area contributed by atoms with Gasteiger partial charge in [0.1, 0.15) is 5.82 Å². The molecule has 0 radical (unpaired) electrons. The molecule has 2 aromatic carbocycles. The molecule has 0 saturated carbocycles. The SMILES string of the molecule is O=C(O)C1CCN(c2nc(Nc3ccc4c(c3)OCO4)c3cc(Cl)ccc3n2)CC1. The molecule has 1 saturated heterocycles. The van der Waals surface area contributed by atoms with E-state index < -0.39 is 5.97 Å². The van der Waals surface area contributed by atoms with Crippen LogP contribution < -0.4 is 19.7 Å². The van der Waals surface area contributed by atoms with Crippen molar-refractivity contribution in [3.63, 3.8) is 0 Å². The summed E-state index contributed by atoms with van der Waals surface area (Å²) in [5, 5.41) is 14.0. The van der Waals surface area contributed by atoms with Crippen LogP contribution in [0.25, 0.3) is 10.9 Å². The average molecular weight is 427 g/mol. The van der Waals surface area contributed by atoms with Crippen molar-refractivity contribution in [2.75, 3.05) is 30.1 Å². The van der Waals surface area contributed by atoms with Crippen LogP contribution in [0.1, 0.15) is 12.8 Å². The number of aliphatic carboxylic acids is 1. The summed E-state index contributed by atoms with van der Waals surface area (Å²) in [5.41, 5.74) is 1.56. The van der Waals surface area contributed by atoms with E-state index in [1.54, 1.807) is 6.07 Å². The van der Waals surface area contributed by atoms with Gasteiger partial charge in [-0.3, -0.25) is 4.79 Å². The van der Waals surface area contributed by atoms with Crippen LogP contribution in [-0.4, -0.2) is 40.9 Å². The van der Waals surface area contributed by atoms with Crippen molar-refractivity contribution in [2.24, 2.45) is 5.92 Å². The molecule has 3 heterocycles. The Balaban J connectivity index is 1.50. The summed E-state index contributed by atoms with van der Waals surface area (Å²) < 4.78 is 10.8. The van der Waals surface area contributed by atoms with Crippen molar-refractivity contribution in [2.45, 2.75) is 12.8 Å². The molecule has 0 amide bonds. The molecule has 1 aromatic heterocycles. The van der Waals surface area contributed by atoms with Crippen LogP contribution in [0.5, 0.6) is 11.5 Å². The summed E-state index contributed by atoms with van der Waals surface area (Å²) >= 11 is 6.22. The highest BCUT2D eigenvalue weighted by molar-refractivity contribution is 6.31. The second kappa shape index (κ2) is 7.53. The van der Waals surface area contributed by atoms with Crippen LogP contribution in [0.2, 0.25) is 5.02 Å². The normalized spacial score (nSPS) is 16.1. The van der Waals surface area contributed by atoms with Gasteiger partial charge < -0.3 is 24.8 Å². The second-order valence-corrected chi connectivity index (χ2v) is 7.76. The van der Waals surface area contributed by atoms with E-state index in [4.69, 9.17) is 31.0 Å². The first-order valence-electron chi connectivity index (χ1n) is 9.68. The maximum absolute atomic E-state index is 11.3. The zero-order valence-electron chi connectivity index (χ0n) is 16.0. The Morgan fingerprint density at radius 1 is 1.10 bits per heavy atom. The Morgan fingerprint density at radius 3 is 2.70 bits per heavy atom. The molecule has 2 aliphatic heterocycles. The number of aromatic nitrogens is 2. The monoisotopic (exact) mass is 426 g/mol. The molecule has 0 atom stereocenters. The summed E-state index contributed by atoms with van der Waals surface area (Å²) in [7, 11) is 0. The number of ether oxygens (including phenoxy) is 2. The van der Waals surface area contributed by atoms with Gasteiger partial charge in [0.05, 0.1) is 11.4 Å². The van der Waals surface area contributed by atoms with Crippen LogP contribution in [0, 0.1) is 5.92 Å².